The van der Waals surface area contributed by atoms with Gasteiger partial charge in [-0.15, -0.1) is 0 Å². The minimum absolute atomic E-state index is 0.623. The Labute approximate surface area is 145 Å². The number of benzene rings is 2. The predicted molar refractivity (Wildman–Crippen MR) is 105 cm³/mol. The van der Waals surface area contributed by atoms with Gasteiger partial charge < -0.3 is 0 Å². The van der Waals surface area contributed by atoms with Gasteiger partial charge in [0.2, 0.25) is 0 Å². The van der Waals surface area contributed by atoms with Crippen molar-refractivity contribution in [2.24, 2.45) is 0 Å². The molecule has 0 amide bonds. The molecule has 0 aromatic heterocycles. The quantitative estimate of drug-likeness (QED) is 0.584. The summed E-state index contributed by atoms with van der Waals surface area (Å²) in [6.45, 7) is 4.40. The monoisotopic (exact) mass is 312 g/mol. The second-order valence-electron chi connectivity index (χ2n) is 7.00. The molecule has 0 nitrogen and oxygen atoms in total. The second-order valence-corrected chi connectivity index (χ2v) is 7.00. The number of rotatable bonds is 4. The minimum Gasteiger partial charge on any atom is -0.0764 e. The summed E-state index contributed by atoms with van der Waals surface area (Å²) < 4.78 is 0. The Bertz CT molecular complexity index is 844. The van der Waals surface area contributed by atoms with E-state index in [0.717, 1.165) is 6.42 Å². The van der Waals surface area contributed by atoms with Crippen molar-refractivity contribution in [3.8, 4) is 0 Å². The summed E-state index contributed by atoms with van der Waals surface area (Å²) in [4.78, 5) is 0. The van der Waals surface area contributed by atoms with Crippen molar-refractivity contribution in [2.45, 2.75) is 39.0 Å². The lowest BCUT2D eigenvalue weighted by molar-refractivity contribution is 0.725. The zero-order valence-electron chi connectivity index (χ0n) is 14.5. The minimum atomic E-state index is 0.623. The zero-order valence-corrected chi connectivity index (χ0v) is 14.5. The number of hydrogen-bond acceptors (Lipinski definition) is 0. The molecule has 0 heterocycles. The average Bonchev–Trinajstić information content (AvgIpc) is 3.23. The molecule has 0 radical (unpaired) electrons. The predicted octanol–water partition coefficient (Wildman–Crippen LogP) is 6.78. The third-order valence-corrected chi connectivity index (χ3v) is 5.22. The van der Waals surface area contributed by atoms with Crippen LogP contribution in [0.25, 0.3) is 17.2 Å². The molecule has 120 valence electrons. The molecule has 0 heteroatoms. The molecule has 0 saturated carbocycles. The van der Waals surface area contributed by atoms with Gasteiger partial charge in [-0.25, -0.2) is 0 Å². The lowest BCUT2D eigenvalue weighted by Crippen LogP contribution is -1.93. The van der Waals surface area contributed by atoms with Crippen LogP contribution < -0.4 is 0 Å². The molecule has 2 aromatic carbocycles. The molecular weight excluding hydrogens is 288 g/mol. The Balaban J connectivity index is 1.59. The second kappa shape index (κ2) is 6.28. The zero-order chi connectivity index (χ0) is 16.5. The van der Waals surface area contributed by atoms with Crippen LogP contribution in [0.4, 0.5) is 0 Å². The van der Waals surface area contributed by atoms with Crippen LogP contribution in [-0.2, 0) is 0 Å². The Hall–Kier alpha value is -2.34. The van der Waals surface area contributed by atoms with E-state index in [1.54, 1.807) is 0 Å². The molecule has 0 spiro atoms. The Morgan fingerprint density at radius 2 is 1.79 bits per heavy atom. The van der Waals surface area contributed by atoms with Crippen LogP contribution in [0.2, 0.25) is 0 Å². The van der Waals surface area contributed by atoms with Gasteiger partial charge in [0.25, 0.3) is 0 Å². The van der Waals surface area contributed by atoms with Gasteiger partial charge in [-0.2, -0.15) is 0 Å². The molecule has 2 aliphatic carbocycles. The fraction of sp³-hybridized carbons (Fsp3) is 0.250. The molecule has 1 atom stereocenters. The largest absolute Gasteiger partial charge is 0.0764 e. The summed E-state index contributed by atoms with van der Waals surface area (Å²) >= 11 is 0. The van der Waals surface area contributed by atoms with Gasteiger partial charge in [0.15, 0.2) is 0 Å². The lowest BCUT2D eigenvalue weighted by Gasteiger charge is -2.11. The molecular formula is C24H24. The van der Waals surface area contributed by atoms with Crippen LogP contribution in [0, 0.1) is 6.92 Å². The van der Waals surface area contributed by atoms with E-state index in [1.807, 2.05) is 0 Å². The standard InChI is InChI=1S/C24H24/c1-3-4-19-9-12-23-16-22(13-14-24(19)23)21-11-10-20(15-21)18-7-5-17(2)6-8-18/h5-10,12-16,19H,3-4,11H2,1-2H3. The summed E-state index contributed by atoms with van der Waals surface area (Å²) in [7, 11) is 0. The molecule has 2 aliphatic rings. The highest BCUT2D eigenvalue weighted by atomic mass is 14.2. The Morgan fingerprint density at radius 1 is 1.00 bits per heavy atom. The van der Waals surface area contributed by atoms with Gasteiger partial charge in [-0.1, -0.05) is 79.6 Å². The normalized spacial score (nSPS) is 18.5. The van der Waals surface area contributed by atoms with Crippen molar-refractivity contribution in [3.63, 3.8) is 0 Å². The average molecular weight is 312 g/mol. The van der Waals surface area contributed by atoms with Gasteiger partial charge in [0.1, 0.15) is 0 Å². The number of fused-ring (bicyclic) bond motifs is 1. The highest BCUT2D eigenvalue weighted by Crippen LogP contribution is 2.37. The third kappa shape index (κ3) is 2.78. The topological polar surface area (TPSA) is 0 Å². The molecule has 0 saturated heterocycles. The number of hydrogen-bond donors (Lipinski definition) is 0. The molecule has 0 bridgehead atoms. The van der Waals surface area contributed by atoms with E-state index in [1.165, 1.54) is 51.8 Å². The third-order valence-electron chi connectivity index (χ3n) is 5.22. The van der Waals surface area contributed by atoms with Crippen molar-refractivity contribution in [2.75, 3.05) is 0 Å². The molecule has 2 aromatic rings. The maximum atomic E-state index is 2.37. The van der Waals surface area contributed by atoms with E-state index in [9.17, 15) is 0 Å². The summed E-state index contributed by atoms with van der Waals surface area (Å²) in [5.41, 5.74) is 9.70. The van der Waals surface area contributed by atoms with Crippen LogP contribution in [0.15, 0.2) is 60.7 Å². The summed E-state index contributed by atoms with van der Waals surface area (Å²) in [6.07, 6.45) is 12.9. The van der Waals surface area contributed by atoms with Gasteiger partial charge in [-0.05, 0) is 59.2 Å². The smallest absolute Gasteiger partial charge is 0.00271 e. The van der Waals surface area contributed by atoms with Gasteiger partial charge in [-0.3, -0.25) is 0 Å². The number of aryl methyl sites for hydroxylation is 1. The van der Waals surface area contributed by atoms with Crippen LogP contribution in [-0.4, -0.2) is 0 Å². The van der Waals surface area contributed by atoms with Gasteiger partial charge in [0.05, 0.1) is 0 Å². The Morgan fingerprint density at radius 3 is 2.58 bits per heavy atom. The van der Waals surface area contributed by atoms with E-state index in [2.05, 4.69) is 80.6 Å². The Kier molecular flexibility index (Phi) is 3.98. The van der Waals surface area contributed by atoms with Gasteiger partial charge in [0, 0.05) is 5.92 Å². The van der Waals surface area contributed by atoms with Gasteiger partial charge >= 0.3 is 0 Å². The van der Waals surface area contributed by atoms with Crippen LogP contribution in [0.5, 0.6) is 0 Å². The molecule has 24 heavy (non-hydrogen) atoms. The van der Waals surface area contributed by atoms with E-state index in [4.69, 9.17) is 0 Å². The van der Waals surface area contributed by atoms with Crippen LogP contribution >= 0.6 is 0 Å². The van der Waals surface area contributed by atoms with E-state index in [-0.39, 0.29) is 0 Å². The fourth-order valence-corrected chi connectivity index (χ4v) is 3.82. The maximum absolute atomic E-state index is 2.37. The van der Waals surface area contributed by atoms with E-state index < -0.39 is 0 Å². The van der Waals surface area contributed by atoms with Crippen molar-refractivity contribution in [1.29, 1.82) is 0 Å². The number of allylic oxidation sites excluding steroid dienone is 5. The maximum Gasteiger partial charge on any atom is 0.00271 e. The molecule has 0 aliphatic heterocycles. The SMILES string of the molecule is CCCC1C=Cc2cc(C3=CC(c4ccc(C)cc4)=CC3)ccc21. The summed E-state index contributed by atoms with van der Waals surface area (Å²) in [6, 6.07) is 15.9. The molecule has 1 unspecified atom stereocenters. The van der Waals surface area contributed by atoms with Crippen molar-refractivity contribution < 1.29 is 0 Å². The highest BCUT2D eigenvalue weighted by molar-refractivity contribution is 5.90. The summed E-state index contributed by atoms with van der Waals surface area (Å²) in [5, 5.41) is 0. The van der Waals surface area contributed by atoms with Crippen LogP contribution in [0.1, 0.15) is 59.9 Å². The van der Waals surface area contributed by atoms with Crippen molar-refractivity contribution >= 4 is 17.2 Å². The molecule has 4 rings (SSSR count). The van der Waals surface area contributed by atoms with E-state index >= 15 is 0 Å². The lowest BCUT2D eigenvalue weighted by atomic mass is 9.93. The van der Waals surface area contributed by atoms with Crippen molar-refractivity contribution in [1.82, 2.24) is 0 Å². The first-order valence-corrected chi connectivity index (χ1v) is 9.05. The van der Waals surface area contributed by atoms with E-state index in [0.29, 0.717) is 5.92 Å². The first-order chi connectivity index (χ1) is 11.7. The highest BCUT2D eigenvalue weighted by Gasteiger charge is 2.18. The molecule has 0 fully saturated rings. The van der Waals surface area contributed by atoms with Crippen molar-refractivity contribution in [3.05, 3.63) is 88.5 Å². The fourth-order valence-electron chi connectivity index (χ4n) is 3.82. The summed E-state index contributed by atoms with van der Waals surface area (Å²) in [5.74, 6) is 0.623. The first kappa shape index (κ1) is 15.2. The van der Waals surface area contributed by atoms with Crippen LogP contribution in [0.3, 0.4) is 0 Å². The first-order valence-electron chi connectivity index (χ1n) is 9.05. The molecule has 0 N–H and O–H groups in total.